The number of carbonyl (C=O) groups excluding carboxylic acids is 1. The Morgan fingerprint density at radius 1 is 1.62 bits per heavy atom. The Morgan fingerprint density at radius 3 is 3.00 bits per heavy atom. The monoisotopic (exact) mass is 284 g/mol. The molecule has 1 aromatic heterocycles. The van der Waals surface area contributed by atoms with Crippen LogP contribution in [-0.4, -0.2) is 22.3 Å². The lowest BCUT2D eigenvalue weighted by molar-refractivity contribution is 0.0953. The Hall–Kier alpha value is -0.900. The van der Waals surface area contributed by atoms with Crippen molar-refractivity contribution in [3.05, 3.63) is 29.6 Å². The molecule has 0 saturated heterocycles. The van der Waals surface area contributed by atoms with E-state index in [0.717, 1.165) is 25.1 Å². The van der Waals surface area contributed by atoms with Gasteiger partial charge in [-0.25, -0.2) is 0 Å². The van der Waals surface area contributed by atoms with Crippen molar-refractivity contribution in [3.63, 3.8) is 0 Å². The van der Waals surface area contributed by atoms with Gasteiger partial charge in [-0.1, -0.05) is 22.9 Å². The molecule has 88 valence electrons. The quantitative estimate of drug-likeness (QED) is 0.667. The van der Waals surface area contributed by atoms with E-state index in [1.54, 1.807) is 18.3 Å². The maximum absolute atomic E-state index is 11.7. The van der Waals surface area contributed by atoms with Crippen molar-refractivity contribution < 1.29 is 4.79 Å². The fraction of sp³-hybridized carbons (Fsp3) is 0.500. The number of carbonyl (C=O) groups is 1. The zero-order chi connectivity index (χ0) is 12.0. The highest BCUT2D eigenvalue weighted by Crippen LogP contribution is 2.05. The average Bonchev–Trinajstić information content (AvgIpc) is 2.24. The van der Waals surface area contributed by atoms with Crippen LogP contribution in [0.1, 0.15) is 35.8 Å². The topological polar surface area (TPSA) is 42.0 Å². The van der Waals surface area contributed by atoms with Crippen LogP contribution in [0.2, 0.25) is 0 Å². The number of hydrogen-bond acceptors (Lipinski definition) is 2. The zero-order valence-corrected chi connectivity index (χ0v) is 11.3. The Bertz CT molecular complexity index is 353. The maximum atomic E-state index is 11.7. The molecule has 1 unspecified atom stereocenters. The van der Waals surface area contributed by atoms with Crippen LogP contribution in [0.5, 0.6) is 0 Å². The first-order valence-electron chi connectivity index (χ1n) is 5.44. The molecular weight excluding hydrogens is 268 g/mol. The molecular formula is C12H17BrN2O. The predicted molar refractivity (Wildman–Crippen MR) is 68.9 cm³/mol. The second-order valence-corrected chi connectivity index (χ2v) is 5.43. The summed E-state index contributed by atoms with van der Waals surface area (Å²) < 4.78 is 0. The van der Waals surface area contributed by atoms with E-state index in [1.807, 2.05) is 6.92 Å². The zero-order valence-electron chi connectivity index (χ0n) is 9.66. The van der Waals surface area contributed by atoms with Gasteiger partial charge in [0.15, 0.2) is 0 Å². The van der Waals surface area contributed by atoms with Gasteiger partial charge in [-0.2, -0.15) is 0 Å². The van der Waals surface area contributed by atoms with Crippen LogP contribution >= 0.6 is 15.9 Å². The number of pyridine rings is 1. The minimum Gasteiger partial charge on any atom is -0.352 e. The van der Waals surface area contributed by atoms with Crippen molar-refractivity contribution in [2.24, 2.45) is 0 Å². The molecule has 16 heavy (non-hydrogen) atoms. The number of nitrogens with one attached hydrogen (secondary N) is 1. The number of aryl methyl sites for hydroxylation is 1. The van der Waals surface area contributed by atoms with E-state index in [-0.39, 0.29) is 5.91 Å². The maximum Gasteiger partial charge on any atom is 0.251 e. The van der Waals surface area contributed by atoms with Crippen LogP contribution in [0.4, 0.5) is 0 Å². The molecule has 0 aliphatic rings. The lowest BCUT2D eigenvalue weighted by Crippen LogP contribution is -2.24. The summed E-state index contributed by atoms with van der Waals surface area (Å²) >= 11 is 3.48. The summed E-state index contributed by atoms with van der Waals surface area (Å²) in [5.74, 6) is -0.0206. The fourth-order valence-electron chi connectivity index (χ4n) is 1.37. The van der Waals surface area contributed by atoms with Gasteiger partial charge in [0, 0.05) is 28.8 Å². The third kappa shape index (κ3) is 4.75. The number of hydrogen-bond donors (Lipinski definition) is 1. The van der Waals surface area contributed by atoms with E-state index in [0.29, 0.717) is 10.4 Å². The van der Waals surface area contributed by atoms with E-state index >= 15 is 0 Å². The summed E-state index contributed by atoms with van der Waals surface area (Å²) in [5, 5.41) is 2.89. The highest BCUT2D eigenvalue weighted by atomic mass is 79.9. The molecule has 1 amide bonds. The Morgan fingerprint density at radius 2 is 2.38 bits per heavy atom. The van der Waals surface area contributed by atoms with Gasteiger partial charge in [-0.3, -0.25) is 9.78 Å². The molecule has 1 aromatic rings. The molecule has 1 heterocycles. The summed E-state index contributed by atoms with van der Waals surface area (Å²) in [6, 6.07) is 3.53. The van der Waals surface area contributed by atoms with E-state index in [4.69, 9.17) is 0 Å². The number of aromatic nitrogens is 1. The molecule has 0 aromatic carbocycles. The van der Waals surface area contributed by atoms with E-state index in [1.165, 1.54) is 0 Å². The summed E-state index contributed by atoms with van der Waals surface area (Å²) in [5.41, 5.74) is 1.54. The van der Waals surface area contributed by atoms with Crippen molar-refractivity contribution in [3.8, 4) is 0 Å². The molecule has 0 saturated carbocycles. The summed E-state index contributed by atoms with van der Waals surface area (Å²) in [7, 11) is 0. The van der Waals surface area contributed by atoms with Crippen molar-refractivity contribution in [2.45, 2.75) is 31.5 Å². The fourth-order valence-corrected chi connectivity index (χ4v) is 1.70. The molecule has 0 bridgehead atoms. The molecule has 3 nitrogen and oxygen atoms in total. The van der Waals surface area contributed by atoms with Crippen LogP contribution in [-0.2, 0) is 0 Å². The molecule has 1 atom stereocenters. The van der Waals surface area contributed by atoms with Gasteiger partial charge < -0.3 is 5.32 Å². The summed E-state index contributed by atoms with van der Waals surface area (Å²) in [6.07, 6.45) is 3.71. The van der Waals surface area contributed by atoms with Gasteiger partial charge >= 0.3 is 0 Å². The van der Waals surface area contributed by atoms with Crippen LogP contribution in [0.3, 0.4) is 0 Å². The third-order valence-corrected chi connectivity index (χ3v) is 2.68. The van der Waals surface area contributed by atoms with Gasteiger partial charge in [0.25, 0.3) is 5.91 Å². The first kappa shape index (κ1) is 13.2. The molecule has 1 rings (SSSR count). The minimum atomic E-state index is -0.0206. The Kier molecular flexibility index (Phi) is 5.46. The predicted octanol–water partition coefficient (Wildman–Crippen LogP) is 2.68. The smallest absolute Gasteiger partial charge is 0.251 e. The lowest BCUT2D eigenvalue weighted by Gasteiger charge is -2.06. The normalized spacial score (nSPS) is 12.2. The first-order valence-corrected chi connectivity index (χ1v) is 6.36. The minimum absolute atomic E-state index is 0.0206. The largest absolute Gasteiger partial charge is 0.352 e. The summed E-state index contributed by atoms with van der Waals surface area (Å²) in [4.78, 5) is 16.3. The summed E-state index contributed by atoms with van der Waals surface area (Å²) in [6.45, 7) is 4.70. The van der Waals surface area contributed by atoms with Crippen LogP contribution in [0, 0.1) is 6.92 Å². The molecule has 0 aliphatic heterocycles. The number of halogens is 1. The number of rotatable bonds is 5. The van der Waals surface area contributed by atoms with Crippen LogP contribution in [0.15, 0.2) is 18.3 Å². The van der Waals surface area contributed by atoms with Gasteiger partial charge in [0.1, 0.15) is 0 Å². The van der Waals surface area contributed by atoms with E-state index in [2.05, 4.69) is 33.2 Å². The lowest BCUT2D eigenvalue weighted by atomic mass is 10.2. The second-order valence-electron chi connectivity index (χ2n) is 3.86. The number of alkyl halides is 1. The standard InChI is InChI=1S/C12H17BrN2O/c1-9(13)4-3-6-15-12(16)11-5-7-14-10(2)8-11/h5,7-9H,3-4,6H2,1-2H3,(H,15,16). The number of amides is 1. The SMILES string of the molecule is Cc1cc(C(=O)NCCCC(C)Br)ccn1. The van der Waals surface area contributed by atoms with Crippen molar-refractivity contribution in [2.75, 3.05) is 6.54 Å². The van der Waals surface area contributed by atoms with E-state index < -0.39 is 0 Å². The van der Waals surface area contributed by atoms with Gasteiger partial charge in [-0.15, -0.1) is 0 Å². The van der Waals surface area contributed by atoms with Crippen molar-refractivity contribution in [1.29, 1.82) is 0 Å². The third-order valence-electron chi connectivity index (χ3n) is 2.22. The molecule has 0 radical (unpaired) electrons. The van der Waals surface area contributed by atoms with Crippen LogP contribution in [0.25, 0.3) is 0 Å². The van der Waals surface area contributed by atoms with Crippen molar-refractivity contribution in [1.82, 2.24) is 10.3 Å². The van der Waals surface area contributed by atoms with Gasteiger partial charge in [0.2, 0.25) is 0 Å². The Labute approximate surface area is 105 Å². The molecule has 0 aliphatic carbocycles. The number of nitrogens with zero attached hydrogens (tertiary/aromatic N) is 1. The highest BCUT2D eigenvalue weighted by Gasteiger charge is 2.04. The van der Waals surface area contributed by atoms with Gasteiger partial charge in [0.05, 0.1) is 0 Å². The average molecular weight is 285 g/mol. The highest BCUT2D eigenvalue weighted by molar-refractivity contribution is 9.09. The Balaban J connectivity index is 2.35. The molecule has 0 spiro atoms. The van der Waals surface area contributed by atoms with E-state index in [9.17, 15) is 4.79 Å². The second kappa shape index (κ2) is 6.63. The first-order chi connectivity index (χ1) is 7.59. The van der Waals surface area contributed by atoms with Gasteiger partial charge in [-0.05, 0) is 31.9 Å². The van der Waals surface area contributed by atoms with Crippen molar-refractivity contribution >= 4 is 21.8 Å². The van der Waals surface area contributed by atoms with Crippen LogP contribution < -0.4 is 5.32 Å². The molecule has 4 heteroatoms. The molecule has 1 N–H and O–H groups in total. The molecule has 0 fully saturated rings.